The molecule has 0 aliphatic carbocycles. The van der Waals surface area contributed by atoms with Crippen molar-refractivity contribution in [3.63, 3.8) is 0 Å². The lowest BCUT2D eigenvalue weighted by Gasteiger charge is -2.37. The highest BCUT2D eigenvalue weighted by Crippen LogP contribution is 2.32. The van der Waals surface area contributed by atoms with Crippen molar-refractivity contribution in [2.24, 2.45) is 0 Å². The number of rotatable bonds is 5. The van der Waals surface area contributed by atoms with Gasteiger partial charge in [-0.1, -0.05) is 12.1 Å². The standard InChI is InChI=1S/C24H28N8/c1-15-12-32(13-16(2)31-15)19-5-3-4-17(8-19)10-27-23-22-20(11-28-24(22)30-14-29-23)18-6-7-26-21(25)9-18/h3-9,11,14-16,31H,10,12-13H2,1-2H3,(H2,25,26)(H2,27,28,29,30)/t15-,16+. The van der Waals surface area contributed by atoms with E-state index in [4.69, 9.17) is 5.73 Å². The molecule has 8 heteroatoms. The molecule has 2 atom stereocenters. The minimum atomic E-state index is 0.476. The molecular weight excluding hydrogens is 400 g/mol. The Morgan fingerprint density at radius 3 is 2.75 bits per heavy atom. The second-order valence-electron chi connectivity index (χ2n) is 8.51. The average molecular weight is 429 g/mol. The van der Waals surface area contributed by atoms with E-state index in [-0.39, 0.29) is 0 Å². The molecule has 32 heavy (non-hydrogen) atoms. The molecule has 8 nitrogen and oxygen atoms in total. The monoisotopic (exact) mass is 428 g/mol. The molecular formula is C24H28N8. The number of H-pyrrole nitrogens is 1. The van der Waals surface area contributed by atoms with Gasteiger partial charge in [-0.05, 0) is 49.2 Å². The maximum atomic E-state index is 5.90. The maximum absolute atomic E-state index is 5.90. The van der Waals surface area contributed by atoms with Gasteiger partial charge in [0.05, 0.1) is 5.39 Å². The Morgan fingerprint density at radius 2 is 1.94 bits per heavy atom. The van der Waals surface area contributed by atoms with Gasteiger partial charge in [-0.15, -0.1) is 0 Å². The summed E-state index contributed by atoms with van der Waals surface area (Å²) in [6, 6.07) is 13.5. The van der Waals surface area contributed by atoms with E-state index in [1.54, 1.807) is 12.5 Å². The van der Waals surface area contributed by atoms with E-state index >= 15 is 0 Å². The van der Waals surface area contributed by atoms with Gasteiger partial charge < -0.3 is 26.3 Å². The number of aromatic nitrogens is 4. The third-order valence-electron chi connectivity index (χ3n) is 5.86. The fourth-order valence-corrected chi connectivity index (χ4v) is 4.53. The smallest absolute Gasteiger partial charge is 0.143 e. The fourth-order valence-electron chi connectivity index (χ4n) is 4.53. The van der Waals surface area contributed by atoms with E-state index in [1.165, 1.54) is 11.3 Å². The molecule has 1 aromatic carbocycles. The number of benzene rings is 1. The molecule has 0 radical (unpaired) electrons. The van der Waals surface area contributed by atoms with Gasteiger partial charge in [0.15, 0.2) is 0 Å². The summed E-state index contributed by atoms with van der Waals surface area (Å²) in [5.41, 5.74) is 11.1. The number of nitrogens with one attached hydrogen (secondary N) is 3. The van der Waals surface area contributed by atoms with Gasteiger partial charge in [-0.2, -0.15) is 0 Å². The van der Waals surface area contributed by atoms with Crippen molar-refractivity contribution in [1.82, 2.24) is 25.3 Å². The van der Waals surface area contributed by atoms with Gasteiger partial charge in [0.25, 0.3) is 0 Å². The summed E-state index contributed by atoms with van der Waals surface area (Å²) in [7, 11) is 0. The number of anilines is 3. The van der Waals surface area contributed by atoms with Crippen LogP contribution in [0, 0.1) is 0 Å². The quantitative estimate of drug-likeness (QED) is 0.386. The lowest BCUT2D eigenvalue weighted by atomic mass is 10.1. The van der Waals surface area contributed by atoms with E-state index in [0.717, 1.165) is 41.1 Å². The number of nitrogens with two attached hydrogens (primary N) is 1. The molecule has 164 valence electrons. The topological polar surface area (TPSA) is 108 Å². The normalized spacial score (nSPS) is 18.8. The van der Waals surface area contributed by atoms with Gasteiger partial charge in [0.1, 0.15) is 23.6 Å². The van der Waals surface area contributed by atoms with Crippen molar-refractivity contribution >= 4 is 28.4 Å². The maximum Gasteiger partial charge on any atom is 0.143 e. The molecule has 1 aliphatic rings. The van der Waals surface area contributed by atoms with Crippen molar-refractivity contribution in [2.45, 2.75) is 32.5 Å². The largest absolute Gasteiger partial charge is 0.384 e. The first kappa shape index (κ1) is 20.3. The lowest BCUT2D eigenvalue weighted by Crippen LogP contribution is -2.54. The third kappa shape index (κ3) is 4.09. The average Bonchev–Trinajstić information content (AvgIpc) is 3.22. The Labute approximate surface area is 187 Å². The number of nitrogens with zero attached hydrogens (tertiary/aromatic N) is 4. The van der Waals surface area contributed by atoms with E-state index in [2.05, 4.69) is 73.6 Å². The van der Waals surface area contributed by atoms with Crippen LogP contribution in [0.2, 0.25) is 0 Å². The molecule has 0 bridgehead atoms. The van der Waals surface area contributed by atoms with Crippen LogP contribution in [0.3, 0.4) is 0 Å². The first-order valence-corrected chi connectivity index (χ1v) is 10.9. The van der Waals surface area contributed by atoms with Crippen LogP contribution in [-0.2, 0) is 6.54 Å². The van der Waals surface area contributed by atoms with Crippen LogP contribution in [0.5, 0.6) is 0 Å². The first-order chi connectivity index (χ1) is 15.6. The second-order valence-corrected chi connectivity index (χ2v) is 8.51. The summed E-state index contributed by atoms with van der Waals surface area (Å²) in [4.78, 5) is 18.7. The molecule has 0 saturated carbocycles. The molecule has 0 amide bonds. The Kier molecular flexibility index (Phi) is 5.36. The molecule has 5 rings (SSSR count). The fraction of sp³-hybridized carbons (Fsp3) is 0.292. The number of pyridine rings is 1. The predicted octanol–water partition coefficient (Wildman–Crippen LogP) is 3.40. The van der Waals surface area contributed by atoms with Gasteiger partial charge in [0, 0.05) is 55.4 Å². The summed E-state index contributed by atoms with van der Waals surface area (Å²) >= 11 is 0. The summed E-state index contributed by atoms with van der Waals surface area (Å²) in [5.74, 6) is 1.27. The van der Waals surface area contributed by atoms with Crippen LogP contribution in [0.15, 0.2) is 55.1 Å². The molecule has 3 aromatic heterocycles. The number of aromatic amines is 1. The third-order valence-corrected chi connectivity index (χ3v) is 5.86. The van der Waals surface area contributed by atoms with Crippen molar-refractivity contribution < 1.29 is 0 Å². The van der Waals surface area contributed by atoms with E-state index in [9.17, 15) is 0 Å². The molecule has 0 spiro atoms. The van der Waals surface area contributed by atoms with Crippen molar-refractivity contribution in [2.75, 3.05) is 29.0 Å². The molecule has 4 heterocycles. The Morgan fingerprint density at radius 1 is 1.09 bits per heavy atom. The highest BCUT2D eigenvalue weighted by molar-refractivity contribution is 6.01. The van der Waals surface area contributed by atoms with E-state index in [0.29, 0.717) is 24.4 Å². The summed E-state index contributed by atoms with van der Waals surface area (Å²) in [6.07, 6.45) is 5.22. The minimum absolute atomic E-state index is 0.476. The van der Waals surface area contributed by atoms with Gasteiger partial charge >= 0.3 is 0 Å². The minimum Gasteiger partial charge on any atom is -0.384 e. The van der Waals surface area contributed by atoms with Crippen molar-refractivity contribution in [3.8, 4) is 11.1 Å². The number of nitrogen functional groups attached to an aromatic ring is 1. The number of fused-ring (bicyclic) bond motifs is 1. The lowest BCUT2D eigenvalue weighted by molar-refractivity contribution is 0.407. The van der Waals surface area contributed by atoms with Crippen LogP contribution >= 0.6 is 0 Å². The molecule has 1 fully saturated rings. The highest BCUT2D eigenvalue weighted by Gasteiger charge is 2.21. The SMILES string of the molecule is C[C@@H]1CN(c2cccc(CNc3ncnc4[nH]cc(-c5ccnc(N)c5)c34)c2)C[C@H](C)N1. The predicted molar refractivity (Wildman–Crippen MR) is 130 cm³/mol. The summed E-state index contributed by atoms with van der Waals surface area (Å²) in [5, 5.41) is 8.05. The molecule has 0 unspecified atom stereocenters. The Balaban J connectivity index is 1.40. The Hall–Kier alpha value is -3.65. The molecule has 5 N–H and O–H groups in total. The van der Waals surface area contributed by atoms with Gasteiger partial charge in [-0.3, -0.25) is 0 Å². The second kappa shape index (κ2) is 8.47. The Bertz CT molecular complexity index is 1220. The summed E-state index contributed by atoms with van der Waals surface area (Å²) < 4.78 is 0. The van der Waals surface area contributed by atoms with Crippen molar-refractivity contribution in [1.29, 1.82) is 0 Å². The van der Waals surface area contributed by atoms with Crippen LogP contribution in [0.1, 0.15) is 19.4 Å². The first-order valence-electron chi connectivity index (χ1n) is 10.9. The van der Waals surface area contributed by atoms with Gasteiger partial charge in [0.2, 0.25) is 0 Å². The van der Waals surface area contributed by atoms with Crippen molar-refractivity contribution in [3.05, 3.63) is 60.7 Å². The van der Waals surface area contributed by atoms with Crippen LogP contribution in [-0.4, -0.2) is 45.1 Å². The molecule has 1 aliphatic heterocycles. The van der Waals surface area contributed by atoms with Crippen LogP contribution in [0.25, 0.3) is 22.2 Å². The number of hydrogen-bond donors (Lipinski definition) is 4. The van der Waals surface area contributed by atoms with Crippen LogP contribution in [0.4, 0.5) is 17.3 Å². The number of piperazine rings is 1. The zero-order valence-corrected chi connectivity index (χ0v) is 18.3. The van der Waals surface area contributed by atoms with E-state index < -0.39 is 0 Å². The summed E-state index contributed by atoms with van der Waals surface area (Å²) in [6.45, 7) is 7.16. The van der Waals surface area contributed by atoms with Gasteiger partial charge in [-0.25, -0.2) is 15.0 Å². The number of hydrogen-bond acceptors (Lipinski definition) is 7. The zero-order valence-electron chi connectivity index (χ0n) is 18.3. The van der Waals surface area contributed by atoms with Crippen LogP contribution < -0.4 is 21.3 Å². The zero-order chi connectivity index (χ0) is 22.1. The van der Waals surface area contributed by atoms with E-state index in [1.807, 2.05) is 18.3 Å². The molecule has 1 saturated heterocycles. The highest BCUT2D eigenvalue weighted by atomic mass is 15.2. The molecule has 4 aromatic rings.